The first-order valence-corrected chi connectivity index (χ1v) is 13.0. The zero-order valence-corrected chi connectivity index (χ0v) is 20.9. The van der Waals surface area contributed by atoms with Crippen LogP contribution in [-0.2, 0) is 22.2 Å². The van der Waals surface area contributed by atoms with E-state index in [1.165, 1.54) is 24.4 Å². The number of halogens is 2. The monoisotopic (exact) mass is 521 g/mol. The maximum absolute atomic E-state index is 15.2. The van der Waals surface area contributed by atoms with Crippen LogP contribution < -0.4 is 15.4 Å². The zero-order chi connectivity index (χ0) is 25.6. The highest BCUT2D eigenvalue weighted by Crippen LogP contribution is 2.48. The van der Waals surface area contributed by atoms with E-state index in [9.17, 15) is 14.1 Å². The lowest BCUT2D eigenvalue weighted by atomic mass is 9.89. The summed E-state index contributed by atoms with van der Waals surface area (Å²) in [7, 11) is -3.28. The normalized spacial score (nSPS) is 25.0. The average Bonchev–Trinajstić information content (AvgIpc) is 3.22. The molecule has 1 saturated heterocycles. The van der Waals surface area contributed by atoms with Crippen molar-refractivity contribution < 1.29 is 18.5 Å². The molecule has 2 aromatic rings. The number of carboxylic acid groups (broad SMARTS) is 1. The summed E-state index contributed by atoms with van der Waals surface area (Å²) in [4.78, 5) is 24.7. The number of aliphatic imine (C=N–C) groups is 1. The minimum atomic E-state index is -3.28. The first-order chi connectivity index (χ1) is 16.4. The lowest BCUT2D eigenvalue weighted by Gasteiger charge is -2.50. The first kappa shape index (κ1) is 25.0. The summed E-state index contributed by atoms with van der Waals surface area (Å²) in [6.45, 7) is 5.56. The minimum Gasteiger partial charge on any atom is -0.465 e. The van der Waals surface area contributed by atoms with Crippen LogP contribution in [0.15, 0.2) is 29.4 Å². The van der Waals surface area contributed by atoms with Crippen molar-refractivity contribution in [3.8, 4) is 6.07 Å². The van der Waals surface area contributed by atoms with Gasteiger partial charge in [0.1, 0.15) is 34.8 Å². The largest absolute Gasteiger partial charge is 0.465 e. The fourth-order valence-corrected chi connectivity index (χ4v) is 8.59. The third-order valence-electron chi connectivity index (χ3n) is 6.64. The van der Waals surface area contributed by atoms with Crippen LogP contribution in [0.3, 0.4) is 0 Å². The number of carbonyl (C=O) groups is 1. The molecular weight excluding hydrogens is 497 g/mol. The molecule has 0 saturated carbocycles. The van der Waals surface area contributed by atoms with Crippen LogP contribution in [-0.4, -0.2) is 47.8 Å². The average molecular weight is 522 g/mol. The molecule has 0 aliphatic carbocycles. The predicted octanol–water partition coefficient (Wildman–Crippen LogP) is 2.72. The van der Waals surface area contributed by atoms with Gasteiger partial charge in [-0.25, -0.2) is 14.2 Å². The lowest BCUT2D eigenvalue weighted by Crippen LogP contribution is -2.66. The zero-order valence-electron chi connectivity index (χ0n) is 19.3. The van der Waals surface area contributed by atoms with Crippen LogP contribution in [0, 0.1) is 17.1 Å². The number of thiol groups is 1. The summed E-state index contributed by atoms with van der Waals surface area (Å²) in [6, 6.07) is 6.13. The highest BCUT2D eigenvalue weighted by atomic mass is 35.5. The second-order valence-corrected chi connectivity index (χ2v) is 12.9. The van der Waals surface area contributed by atoms with Crippen LogP contribution in [0.1, 0.15) is 44.1 Å². The minimum absolute atomic E-state index is 0.00499. The molecule has 2 aromatic heterocycles. The Bertz CT molecular complexity index is 1330. The Hall–Kier alpha value is -3.14. The van der Waals surface area contributed by atoms with Crippen molar-refractivity contribution in [1.82, 2.24) is 20.0 Å². The van der Waals surface area contributed by atoms with Gasteiger partial charge in [0.05, 0.1) is 32.8 Å². The number of aromatic nitrogens is 2. The van der Waals surface area contributed by atoms with E-state index >= 15 is 4.39 Å². The van der Waals surface area contributed by atoms with Crippen molar-refractivity contribution in [2.24, 2.45) is 4.99 Å². The molecule has 0 radical (unpaired) electrons. The molecule has 2 aliphatic rings. The second-order valence-electron chi connectivity index (χ2n) is 9.11. The number of nitriles is 1. The molecule has 4 N–H and O–H groups in total. The van der Waals surface area contributed by atoms with E-state index in [-0.39, 0.29) is 18.1 Å². The fourth-order valence-electron chi connectivity index (χ4n) is 4.70. The molecule has 0 aromatic carbocycles. The molecule has 10 nitrogen and oxygen atoms in total. The summed E-state index contributed by atoms with van der Waals surface area (Å²) in [6.07, 6.45) is 0.511. The summed E-state index contributed by atoms with van der Waals surface area (Å²) in [5.74, 6) is -0.350. The van der Waals surface area contributed by atoms with Crippen molar-refractivity contribution in [2.45, 2.75) is 49.3 Å². The second kappa shape index (κ2) is 8.82. The van der Waals surface area contributed by atoms with Gasteiger partial charge in [0.25, 0.3) is 0 Å². The molecule has 4 rings (SSSR count). The molecule has 2 atom stereocenters. The van der Waals surface area contributed by atoms with Crippen molar-refractivity contribution in [1.29, 1.82) is 5.26 Å². The Morgan fingerprint density at radius 2 is 2.17 bits per heavy atom. The van der Waals surface area contributed by atoms with Crippen LogP contribution in [0.25, 0.3) is 0 Å². The van der Waals surface area contributed by atoms with Crippen molar-refractivity contribution in [3.05, 3.63) is 52.2 Å². The molecular formula is C22H25ClFN7O3S. The Morgan fingerprint density at radius 1 is 1.43 bits per heavy atom. The van der Waals surface area contributed by atoms with Gasteiger partial charge in [-0.3, -0.25) is 24.2 Å². The van der Waals surface area contributed by atoms with Crippen LogP contribution in [0.4, 0.5) is 15.0 Å². The molecule has 13 heteroatoms. The Labute approximate surface area is 207 Å². The van der Waals surface area contributed by atoms with Crippen molar-refractivity contribution in [3.63, 3.8) is 0 Å². The highest BCUT2D eigenvalue weighted by molar-refractivity contribution is 8.04. The van der Waals surface area contributed by atoms with E-state index in [2.05, 4.69) is 30.3 Å². The Balaban J connectivity index is 1.74. The SMILES string of the molecule is CC1(C)C(NC(=O)O)=N[C@](C)(c2nc(NCc3ncc(C#N)cc3Cl)ccc2F)[C@H]2CCN[SH]21=O. The molecule has 4 heterocycles. The smallest absolute Gasteiger partial charge is 0.410 e. The molecule has 1 fully saturated rings. The van der Waals surface area contributed by atoms with E-state index < -0.39 is 37.6 Å². The Morgan fingerprint density at radius 3 is 2.83 bits per heavy atom. The number of amidine groups is 1. The molecule has 0 spiro atoms. The molecule has 2 aliphatic heterocycles. The van der Waals surface area contributed by atoms with E-state index in [4.69, 9.17) is 16.9 Å². The van der Waals surface area contributed by atoms with E-state index in [0.717, 1.165) is 0 Å². The number of pyridine rings is 2. The van der Waals surface area contributed by atoms with Gasteiger partial charge in [0.15, 0.2) is 0 Å². The molecule has 186 valence electrons. The maximum atomic E-state index is 15.2. The quantitative estimate of drug-likeness (QED) is 0.388. The first-order valence-electron chi connectivity index (χ1n) is 10.8. The standard InChI is InChI=1S/C22H25ClFN7O3S/c1-21(2)19(30-20(32)33)31-22(3,16-6-7-28-35(16,21)34)18-14(24)4-5-17(29-18)27-11-15-13(23)8-12(9-25)10-26-15/h4-5,8,10,16,35H,6-7,11H2,1-3H3,(H,27,29)(H,28,34)(H,30,31)(H,32,33)/t16-,22+/m1/s1. The summed E-state index contributed by atoms with van der Waals surface area (Å²) in [5.41, 5.74) is -0.638. The highest BCUT2D eigenvalue weighted by Gasteiger charge is 2.59. The number of rotatable bonds is 4. The topological polar surface area (TPSA) is 152 Å². The van der Waals surface area contributed by atoms with Gasteiger partial charge in [0.2, 0.25) is 0 Å². The van der Waals surface area contributed by atoms with Crippen molar-refractivity contribution >= 4 is 39.5 Å². The van der Waals surface area contributed by atoms with Crippen LogP contribution >= 0.6 is 11.6 Å². The van der Waals surface area contributed by atoms with Crippen LogP contribution in [0.5, 0.6) is 0 Å². The molecule has 35 heavy (non-hydrogen) atoms. The number of hydrogen-bond acceptors (Lipinski definition) is 7. The molecule has 0 bridgehead atoms. The van der Waals surface area contributed by atoms with E-state index in [1.54, 1.807) is 20.8 Å². The Kier molecular flexibility index (Phi) is 6.29. The summed E-state index contributed by atoms with van der Waals surface area (Å²) < 4.78 is 31.4. The summed E-state index contributed by atoms with van der Waals surface area (Å²) in [5, 5.41) is 23.4. The number of fused-ring (bicyclic) bond motifs is 1. The lowest BCUT2D eigenvalue weighted by molar-refractivity contribution is 0.199. The van der Waals surface area contributed by atoms with Gasteiger partial charge in [0, 0.05) is 12.7 Å². The van der Waals surface area contributed by atoms with Gasteiger partial charge in [-0.1, -0.05) is 11.6 Å². The fraction of sp³-hybridized carbons (Fsp3) is 0.409. The third-order valence-corrected chi connectivity index (χ3v) is 11.2. The van der Waals surface area contributed by atoms with Gasteiger partial charge in [-0.2, -0.15) is 5.26 Å². The van der Waals surface area contributed by atoms with Crippen LogP contribution in [0.2, 0.25) is 5.02 Å². The number of amides is 1. The van der Waals surface area contributed by atoms with Gasteiger partial charge >= 0.3 is 6.09 Å². The summed E-state index contributed by atoms with van der Waals surface area (Å²) >= 11 is 6.19. The predicted molar refractivity (Wildman–Crippen MR) is 131 cm³/mol. The van der Waals surface area contributed by atoms with Crippen molar-refractivity contribution in [2.75, 3.05) is 11.9 Å². The molecule has 0 unspecified atom stereocenters. The number of anilines is 1. The van der Waals surface area contributed by atoms with E-state index in [1.807, 2.05) is 6.07 Å². The van der Waals surface area contributed by atoms with Gasteiger partial charge in [-0.05, 0) is 55.5 Å². The number of hydrogen-bond donors (Lipinski definition) is 5. The van der Waals surface area contributed by atoms with Gasteiger partial charge in [-0.15, -0.1) is 0 Å². The number of nitrogens with one attached hydrogen (secondary N) is 3. The van der Waals surface area contributed by atoms with E-state index in [0.29, 0.717) is 35.1 Å². The maximum Gasteiger partial charge on any atom is 0.410 e. The molecule has 1 amide bonds. The van der Waals surface area contributed by atoms with Gasteiger partial charge < -0.3 is 10.4 Å². The number of nitrogens with zero attached hydrogens (tertiary/aromatic N) is 4. The third kappa shape index (κ3) is 4.13.